The van der Waals surface area contributed by atoms with E-state index in [0.717, 1.165) is 19.3 Å². The molecule has 1 aliphatic rings. The number of ether oxygens (including phenoxy) is 1. The number of amides is 1. The van der Waals surface area contributed by atoms with Crippen LogP contribution in [0.15, 0.2) is 24.3 Å². The molecule has 0 heterocycles. The highest BCUT2D eigenvalue weighted by molar-refractivity contribution is 5.78. The molecule has 1 amide bonds. The minimum absolute atomic E-state index is 0.0231. The second-order valence-corrected chi connectivity index (χ2v) is 4.94. The smallest absolute Gasteiger partial charge is 0.269 e. The summed E-state index contributed by atoms with van der Waals surface area (Å²) in [6, 6.07) is 5.79. The van der Waals surface area contributed by atoms with Crippen molar-refractivity contribution >= 4 is 11.6 Å². The van der Waals surface area contributed by atoms with Crippen molar-refractivity contribution in [2.75, 3.05) is 19.8 Å². The van der Waals surface area contributed by atoms with Gasteiger partial charge >= 0.3 is 0 Å². The highest BCUT2D eigenvalue weighted by atomic mass is 16.6. The first kappa shape index (κ1) is 15.2. The second kappa shape index (κ2) is 7.03. The minimum Gasteiger partial charge on any atom is -0.484 e. The zero-order valence-corrected chi connectivity index (χ0v) is 11.6. The number of nitro groups is 1. The van der Waals surface area contributed by atoms with Crippen LogP contribution in [0.4, 0.5) is 5.69 Å². The summed E-state index contributed by atoms with van der Waals surface area (Å²) in [6.07, 6.45) is 3.02. The van der Waals surface area contributed by atoms with Crippen LogP contribution in [0.5, 0.6) is 5.75 Å². The molecule has 0 atom stereocenters. The molecule has 1 N–H and O–H groups in total. The summed E-state index contributed by atoms with van der Waals surface area (Å²) in [6.45, 7) is 0.112. The molecule has 0 unspecified atom stereocenters. The summed E-state index contributed by atoms with van der Waals surface area (Å²) < 4.78 is 5.35. The lowest BCUT2D eigenvalue weighted by Gasteiger charge is -2.37. The molecule has 0 saturated heterocycles. The summed E-state index contributed by atoms with van der Waals surface area (Å²) in [5.41, 5.74) is -0.0231. The topological polar surface area (TPSA) is 92.9 Å². The summed E-state index contributed by atoms with van der Waals surface area (Å²) in [7, 11) is 0. The van der Waals surface area contributed by atoms with Gasteiger partial charge in [-0.3, -0.25) is 14.9 Å². The molecule has 21 heavy (non-hydrogen) atoms. The third-order valence-electron chi connectivity index (χ3n) is 3.59. The Labute approximate surface area is 122 Å². The van der Waals surface area contributed by atoms with Crippen molar-refractivity contribution in [2.45, 2.75) is 25.3 Å². The number of hydrogen-bond acceptors (Lipinski definition) is 5. The number of carbonyl (C=O) groups excluding carboxylic acids is 1. The molecule has 0 bridgehead atoms. The molecule has 2 rings (SSSR count). The molecule has 1 aliphatic carbocycles. The molecule has 0 spiro atoms. The molecule has 114 valence electrons. The average molecular weight is 294 g/mol. The van der Waals surface area contributed by atoms with Crippen LogP contribution in [0.2, 0.25) is 0 Å². The van der Waals surface area contributed by atoms with E-state index in [1.165, 1.54) is 24.3 Å². The van der Waals surface area contributed by atoms with Crippen LogP contribution in [0, 0.1) is 10.1 Å². The quantitative estimate of drug-likeness (QED) is 0.605. The predicted octanol–water partition coefficient (Wildman–Crippen LogP) is 1.35. The van der Waals surface area contributed by atoms with Gasteiger partial charge in [0.2, 0.25) is 0 Å². The number of aliphatic hydroxyl groups excluding tert-OH is 1. The van der Waals surface area contributed by atoms with Gasteiger partial charge in [0.1, 0.15) is 5.75 Å². The number of benzene rings is 1. The Balaban J connectivity index is 1.88. The van der Waals surface area contributed by atoms with Crippen molar-refractivity contribution in [1.29, 1.82) is 0 Å². The number of nitro benzene ring substituents is 1. The third-order valence-corrected chi connectivity index (χ3v) is 3.59. The lowest BCUT2D eigenvalue weighted by molar-refractivity contribution is -0.384. The predicted molar refractivity (Wildman–Crippen MR) is 75.0 cm³/mol. The molecule has 1 aromatic rings. The Kier molecular flexibility index (Phi) is 5.10. The molecular formula is C14H18N2O5. The molecule has 1 saturated carbocycles. The van der Waals surface area contributed by atoms with Gasteiger partial charge in [-0.2, -0.15) is 0 Å². The van der Waals surface area contributed by atoms with Crippen molar-refractivity contribution in [3.05, 3.63) is 34.4 Å². The van der Waals surface area contributed by atoms with Crippen molar-refractivity contribution in [2.24, 2.45) is 0 Å². The molecule has 7 heteroatoms. The highest BCUT2D eigenvalue weighted by Gasteiger charge is 2.28. The van der Waals surface area contributed by atoms with Gasteiger partial charge in [-0.15, -0.1) is 0 Å². The van der Waals surface area contributed by atoms with E-state index < -0.39 is 4.92 Å². The first-order valence-corrected chi connectivity index (χ1v) is 6.89. The van der Waals surface area contributed by atoms with Gasteiger partial charge in [0.25, 0.3) is 11.6 Å². The number of rotatable bonds is 7. The van der Waals surface area contributed by atoms with Crippen LogP contribution >= 0.6 is 0 Å². The monoisotopic (exact) mass is 294 g/mol. The van der Waals surface area contributed by atoms with Crippen LogP contribution in [0.3, 0.4) is 0 Å². The Morgan fingerprint density at radius 1 is 1.38 bits per heavy atom. The lowest BCUT2D eigenvalue weighted by Crippen LogP contribution is -2.47. The van der Waals surface area contributed by atoms with E-state index in [1.807, 2.05) is 0 Å². The number of nitrogens with zero attached hydrogens (tertiary/aromatic N) is 2. The van der Waals surface area contributed by atoms with E-state index in [1.54, 1.807) is 4.90 Å². The number of carbonyl (C=O) groups is 1. The molecule has 1 aromatic carbocycles. The average Bonchev–Trinajstić information content (AvgIpc) is 2.43. The van der Waals surface area contributed by atoms with Crippen molar-refractivity contribution in [3.63, 3.8) is 0 Å². The third kappa shape index (κ3) is 3.91. The van der Waals surface area contributed by atoms with E-state index >= 15 is 0 Å². The van der Waals surface area contributed by atoms with E-state index in [4.69, 9.17) is 9.84 Å². The van der Waals surface area contributed by atoms with Gasteiger partial charge in [-0.05, 0) is 31.4 Å². The Morgan fingerprint density at radius 2 is 2.05 bits per heavy atom. The highest BCUT2D eigenvalue weighted by Crippen LogP contribution is 2.25. The first-order valence-electron chi connectivity index (χ1n) is 6.89. The van der Waals surface area contributed by atoms with Gasteiger partial charge in [0.05, 0.1) is 11.5 Å². The first-order chi connectivity index (χ1) is 10.1. The zero-order chi connectivity index (χ0) is 15.2. The van der Waals surface area contributed by atoms with Crippen LogP contribution in [0.1, 0.15) is 19.3 Å². The molecule has 0 aromatic heterocycles. The fraction of sp³-hybridized carbons (Fsp3) is 0.500. The largest absolute Gasteiger partial charge is 0.484 e. The number of aliphatic hydroxyl groups is 1. The number of non-ortho nitro benzene ring substituents is 1. The standard InChI is InChI=1S/C14H18N2O5/c17-9-8-15(11-2-1-3-11)14(18)10-21-13-6-4-12(5-7-13)16(19)20/h4-7,11,17H,1-3,8-10H2. The molecule has 7 nitrogen and oxygen atoms in total. The lowest BCUT2D eigenvalue weighted by atomic mass is 9.91. The Morgan fingerprint density at radius 3 is 2.52 bits per heavy atom. The zero-order valence-electron chi connectivity index (χ0n) is 11.6. The minimum atomic E-state index is -0.492. The van der Waals surface area contributed by atoms with Gasteiger partial charge in [0, 0.05) is 24.7 Å². The summed E-state index contributed by atoms with van der Waals surface area (Å²) >= 11 is 0. The molecular weight excluding hydrogens is 276 g/mol. The van der Waals surface area contributed by atoms with Gasteiger partial charge in [-0.1, -0.05) is 0 Å². The Hall–Kier alpha value is -2.15. The summed E-state index contributed by atoms with van der Waals surface area (Å²) in [5, 5.41) is 19.6. The van der Waals surface area contributed by atoms with Crippen molar-refractivity contribution in [3.8, 4) is 5.75 Å². The summed E-state index contributed by atoms with van der Waals surface area (Å²) in [5.74, 6) is 0.235. The maximum absolute atomic E-state index is 12.1. The molecule has 0 aliphatic heterocycles. The van der Waals surface area contributed by atoms with Gasteiger partial charge in [0.15, 0.2) is 6.61 Å². The normalized spacial score (nSPS) is 14.3. The van der Waals surface area contributed by atoms with Gasteiger partial charge in [-0.25, -0.2) is 0 Å². The second-order valence-electron chi connectivity index (χ2n) is 4.94. The summed E-state index contributed by atoms with van der Waals surface area (Å²) in [4.78, 5) is 23.8. The van der Waals surface area contributed by atoms with E-state index in [9.17, 15) is 14.9 Å². The molecule has 1 fully saturated rings. The SMILES string of the molecule is O=C(COc1ccc([N+](=O)[O-])cc1)N(CCO)C1CCC1. The Bertz CT molecular complexity index is 499. The van der Waals surface area contributed by atoms with Gasteiger partial charge < -0.3 is 14.7 Å². The maximum Gasteiger partial charge on any atom is 0.269 e. The van der Waals surface area contributed by atoms with Crippen molar-refractivity contribution < 1.29 is 19.6 Å². The fourth-order valence-corrected chi connectivity index (χ4v) is 2.21. The van der Waals surface area contributed by atoms with Crippen LogP contribution in [0.25, 0.3) is 0 Å². The van der Waals surface area contributed by atoms with Crippen molar-refractivity contribution in [1.82, 2.24) is 4.90 Å². The van der Waals surface area contributed by atoms with E-state index in [0.29, 0.717) is 12.3 Å². The van der Waals surface area contributed by atoms with E-state index in [2.05, 4.69) is 0 Å². The van der Waals surface area contributed by atoms with Crippen LogP contribution < -0.4 is 4.74 Å². The van der Waals surface area contributed by atoms with Crippen LogP contribution in [-0.4, -0.2) is 46.6 Å². The number of hydrogen-bond donors (Lipinski definition) is 1. The van der Waals surface area contributed by atoms with E-state index in [-0.39, 0.29) is 30.9 Å². The maximum atomic E-state index is 12.1. The molecule has 0 radical (unpaired) electrons. The fourth-order valence-electron chi connectivity index (χ4n) is 2.21. The van der Waals surface area contributed by atoms with Crippen LogP contribution in [-0.2, 0) is 4.79 Å².